The lowest BCUT2D eigenvalue weighted by Crippen LogP contribution is -2.33. The SMILES string of the molecule is CC(C)(C)OC(=O)NCCSC[C@@H]1COC(C)(C)O1. The van der Waals surface area contributed by atoms with Crippen LogP contribution in [0.1, 0.15) is 34.6 Å². The van der Waals surface area contributed by atoms with Gasteiger partial charge in [0.05, 0.1) is 12.7 Å². The normalized spacial score (nSPS) is 22.3. The van der Waals surface area contributed by atoms with Crippen LogP contribution in [0.3, 0.4) is 0 Å². The number of thioether (sulfide) groups is 1. The topological polar surface area (TPSA) is 56.8 Å². The molecule has 0 saturated carbocycles. The number of hydrogen-bond donors (Lipinski definition) is 1. The highest BCUT2D eigenvalue weighted by molar-refractivity contribution is 7.99. The molecule has 0 aromatic rings. The standard InChI is InChI=1S/C13H25NO4S/c1-12(2,3)18-11(15)14-6-7-19-9-10-8-16-13(4,5)17-10/h10H,6-9H2,1-5H3,(H,14,15)/t10-/m0/s1. The van der Waals surface area contributed by atoms with Crippen molar-refractivity contribution >= 4 is 17.9 Å². The summed E-state index contributed by atoms with van der Waals surface area (Å²) in [4.78, 5) is 11.4. The van der Waals surface area contributed by atoms with Gasteiger partial charge in [-0.25, -0.2) is 4.79 Å². The summed E-state index contributed by atoms with van der Waals surface area (Å²) < 4.78 is 16.3. The molecule has 0 spiro atoms. The molecule has 0 radical (unpaired) electrons. The molecule has 5 nitrogen and oxygen atoms in total. The molecule has 112 valence electrons. The molecule has 1 saturated heterocycles. The van der Waals surface area contributed by atoms with Gasteiger partial charge in [0, 0.05) is 18.1 Å². The first-order chi connectivity index (χ1) is 8.68. The number of nitrogens with one attached hydrogen (secondary N) is 1. The Bertz CT molecular complexity index is 302. The maximum Gasteiger partial charge on any atom is 0.407 e. The molecule has 6 heteroatoms. The van der Waals surface area contributed by atoms with E-state index in [1.54, 1.807) is 11.8 Å². The fourth-order valence-corrected chi connectivity index (χ4v) is 2.44. The van der Waals surface area contributed by atoms with E-state index in [2.05, 4.69) is 5.32 Å². The van der Waals surface area contributed by atoms with Gasteiger partial charge in [0.25, 0.3) is 0 Å². The molecule has 1 N–H and O–H groups in total. The predicted molar refractivity (Wildman–Crippen MR) is 76.5 cm³/mol. The van der Waals surface area contributed by atoms with E-state index >= 15 is 0 Å². The summed E-state index contributed by atoms with van der Waals surface area (Å²) in [6.45, 7) is 10.6. The number of alkyl carbamates (subject to hydrolysis) is 1. The number of ether oxygens (including phenoxy) is 3. The van der Waals surface area contributed by atoms with Crippen LogP contribution in [0, 0.1) is 0 Å². The van der Waals surface area contributed by atoms with Gasteiger partial charge in [-0.3, -0.25) is 0 Å². The van der Waals surface area contributed by atoms with Gasteiger partial charge in [-0.1, -0.05) is 0 Å². The monoisotopic (exact) mass is 291 g/mol. The van der Waals surface area contributed by atoms with Crippen LogP contribution >= 0.6 is 11.8 Å². The quantitative estimate of drug-likeness (QED) is 0.788. The zero-order chi connectivity index (χ0) is 14.5. The second-order valence-corrected chi connectivity index (χ2v) is 7.10. The zero-order valence-electron chi connectivity index (χ0n) is 12.4. The molecule has 1 amide bonds. The summed E-state index contributed by atoms with van der Waals surface area (Å²) in [5, 5.41) is 2.73. The smallest absolute Gasteiger partial charge is 0.407 e. The molecule has 1 heterocycles. The second-order valence-electron chi connectivity index (χ2n) is 5.95. The van der Waals surface area contributed by atoms with Crippen LogP contribution in [0.25, 0.3) is 0 Å². The second kappa shape index (κ2) is 6.81. The van der Waals surface area contributed by atoms with Gasteiger partial charge in [0.15, 0.2) is 5.79 Å². The highest BCUT2D eigenvalue weighted by atomic mass is 32.2. The number of hydrogen-bond acceptors (Lipinski definition) is 5. The van der Waals surface area contributed by atoms with E-state index in [4.69, 9.17) is 14.2 Å². The highest BCUT2D eigenvalue weighted by Crippen LogP contribution is 2.24. The van der Waals surface area contributed by atoms with Gasteiger partial charge >= 0.3 is 6.09 Å². The van der Waals surface area contributed by atoms with Crippen molar-refractivity contribution in [1.29, 1.82) is 0 Å². The third-order valence-electron chi connectivity index (χ3n) is 2.29. The van der Waals surface area contributed by atoms with Gasteiger partial charge < -0.3 is 19.5 Å². The Morgan fingerprint density at radius 1 is 1.47 bits per heavy atom. The average molecular weight is 291 g/mol. The van der Waals surface area contributed by atoms with E-state index < -0.39 is 11.4 Å². The number of rotatable bonds is 5. The first-order valence-corrected chi connectivity index (χ1v) is 7.70. The lowest BCUT2D eigenvalue weighted by Gasteiger charge is -2.19. The van der Waals surface area contributed by atoms with Crippen molar-refractivity contribution < 1.29 is 19.0 Å². The molecule has 1 aliphatic rings. The van der Waals surface area contributed by atoms with E-state index in [9.17, 15) is 4.79 Å². The summed E-state index contributed by atoms with van der Waals surface area (Å²) in [5.74, 6) is 1.25. The molecule has 19 heavy (non-hydrogen) atoms. The minimum Gasteiger partial charge on any atom is -0.444 e. The maximum atomic E-state index is 11.4. The Labute approximate surface area is 119 Å². The number of amides is 1. The maximum absolute atomic E-state index is 11.4. The minimum atomic E-state index is -0.458. The van der Waals surface area contributed by atoms with Gasteiger partial charge in [-0.15, -0.1) is 0 Å². The highest BCUT2D eigenvalue weighted by Gasteiger charge is 2.32. The molecule has 0 aliphatic carbocycles. The Hall–Kier alpha value is -0.460. The Morgan fingerprint density at radius 3 is 2.68 bits per heavy atom. The molecule has 1 aliphatic heterocycles. The van der Waals surface area contributed by atoms with Crippen molar-refractivity contribution in [2.75, 3.05) is 24.7 Å². The molecule has 1 fully saturated rings. The van der Waals surface area contributed by atoms with E-state index in [1.807, 2.05) is 34.6 Å². The average Bonchev–Trinajstić information content (AvgIpc) is 2.55. The van der Waals surface area contributed by atoms with Crippen LogP contribution in [-0.4, -0.2) is 48.2 Å². The van der Waals surface area contributed by atoms with Crippen molar-refractivity contribution in [3.05, 3.63) is 0 Å². The van der Waals surface area contributed by atoms with Crippen molar-refractivity contribution in [2.24, 2.45) is 0 Å². The lowest BCUT2D eigenvalue weighted by atomic mass is 10.2. The van der Waals surface area contributed by atoms with Crippen LogP contribution in [0.4, 0.5) is 4.79 Å². The summed E-state index contributed by atoms with van der Waals surface area (Å²) in [5.41, 5.74) is -0.447. The number of carbonyl (C=O) groups is 1. The molecular formula is C13H25NO4S. The van der Waals surface area contributed by atoms with Gasteiger partial charge in [-0.05, 0) is 34.6 Å². The molecule has 0 aromatic heterocycles. The third-order valence-corrected chi connectivity index (χ3v) is 3.39. The third kappa shape index (κ3) is 7.64. The summed E-state index contributed by atoms with van der Waals surface area (Å²) >= 11 is 1.74. The molecule has 0 unspecified atom stereocenters. The number of carbonyl (C=O) groups excluding carboxylic acids is 1. The van der Waals surface area contributed by atoms with Crippen LogP contribution in [0.2, 0.25) is 0 Å². The zero-order valence-corrected chi connectivity index (χ0v) is 13.3. The molecule has 0 bridgehead atoms. The summed E-state index contributed by atoms with van der Waals surface area (Å²) in [6.07, 6.45) is -0.226. The largest absolute Gasteiger partial charge is 0.444 e. The molecule has 1 rings (SSSR count). The lowest BCUT2D eigenvalue weighted by molar-refractivity contribution is -0.135. The van der Waals surface area contributed by atoms with Crippen molar-refractivity contribution in [3.63, 3.8) is 0 Å². The predicted octanol–water partition coefficient (Wildman–Crippen LogP) is 2.40. The van der Waals surface area contributed by atoms with Crippen LogP contribution in [0.5, 0.6) is 0 Å². The van der Waals surface area contributed by atoms with Crippen LogP contribution in [-0.2, 0) is 14.2 Å². The fraction of sp³-hybridized carbons (Fsp3) is 0.923. The Balaban J connectivity index is 2.01. The first kappa shape index (κ1) is 16.6. The van der Waals surface area contributed by atoms with Crippen molar-refractivity contribution in [1.82, 2.24) is 5.32 Å². The molecular weight excluding hydrogens is 266 g/mol. The molecule has 1 atom stereocenters. The van der Waals surface area contributed by atoms with Crippen molar-refractivity contribution in [3.8, 4) is 0 Å². The minimum absolute atomic E-state index is 0.140. The molecule has 0 aromatic carbocycles. The van der Waals surface area contributed by atoms with Gasteiger partial charge in [0.1, 0.15) is 5.60 Å². The summed E-state index contributed by atoms with van der Waals surface area (Å²) in [7, 11) is 0. The van der Waals surface area contributed by atoms with E-state index in [0.717, 1.165) is 11.5 Å². The Kier molecular flexibility index (Phi) is 5.95. The Morgan fingerprint density at radius 2 is 2.16 bits per heavy atom. The fourth-order valence-electron chi connectivity index (χ4n) is 1.60. The first-order valence-electron chi connectivity index (χ1n) is 6.54. The van der Waals surface area contributed by atoms with Crippen LogP contribution in [0.15, 0.2) is 0 Å². The van der Waals surface area contributed by atoms with E-state index in [-0.39, 0.29) is 12.2 Å². The van der Waals surface area contributed by atoms with E-state index in [1.165, 1.54) is 0 Å². The summed E-state index contributed by atoms with van der Waals surface area (Å²) in [6, 6.07) is 0. The van der Waals surface area contributed by atoms with Crippen molar-refractivity contribution in [2.45, 2.75) is 52.1 Å². The van der Waals surface area contributed by atoms with Crippen LogP contribution < -0.4 is 5.32 Å². The van der Waals surface area contributed by atoms with E-state index in [0.29, 0.717) is 13.2 Å². The van der Waals surface area contributed by atoms with Gasteiger partial charge in [-0.2, -0.15) is 11.8 Å². The van der Waals surface area contributed by atoms with Gasteiger partial charge in [0.2, 0.25) is 0 Å².